The minimum absolute atomic E-state index is 0.286. The van der Waals surface area contributed by atoms with E-state index in [1.54, 1.807) is 12.1 Å². The highest BCUT2D eigenvalue weighted by molar-refractivity contribution is 5.68. The molecule has 1 aliphatic rings. The van der Waals surface area contributed by atoms with Crippen molar-refractivity contribution < 1.29 is 24.5 Å². The number of carboxylic acid groups (broad SMARTS) is 1. The Morgan fingerprint density at radius 3 is 2.27 bits per heavy atom. The fraction of sp³-hybridized carbons (Fsp3) is 0.462. The van der Waals surface area contributed by atoms with E-state index < -0.39 is 29.4 Å². The van der Waals surface area contributed by atoms with Gasteiger partial charge in [0.15, 0.2) is 0 Å². The summed E-state index contributed by atoms with van der Waals surface area (Å²) in [4.78, 5) is 25.5. The smallest absolute Gasteiger partial charge is 0.408 e. The Balaban J connectivity index is 1.81. The van der Waals surface area contributed by atoms with Gasteiger partial charge in [0.1, 0.15) is 11.7 Å². The number of ether oxygens (including phenoxy) is 1. The van der Waals surface area contributed by atoms with Crippen molar-refractivity contribution in [1.82, 2.24) is 10.2 Å². The quantitative estimate of drug-likeness (QED) is 0.567. The number of aliphatic hydroxyl groups excluding tert-OH is 1. The second kappa shape index (κ2) is 9.83. The maximum atomic E-state index is 12.1. The van der Waals surface area contributed by atoms with Crippen LogP contribution in [-0.2, 0) is 11.2 Å². The number of carbonyl (C=O) groups excluding carboxylic acids is 1. The summed E-state index contributed by atoms with van der Waals surface area (Å²) in [7, 11) is 0. The van der Waals surface area contributed by atoms with Gasteiger partial charge in [0, 0.05) is 6.54 Å². The van der Waals surface area contributed by atoms with Crippen LogP contribution in [0.4, 0.5) is 9.59 Å². The van der Waals surface area contributed by atoms with Crippen molar-refractivity contribution in [2.45, 2.75) is 70.2 Å². The summed E-state index contributed by atoms with van der Waals surface area (Å²) < 4.78 is 5.31. The molecule has 33 heavy (non-hydrogen) atoms. The van der Waals surface area contributed by atoms with Crippen LogP contribution < -0.4 is 5.32 Å². The lowest BCUT2D eigenvalue weighted by molar-refractivity contribution is -0.00261. The SMILES string of the molecule is C[C@H](NC(=O)OC(C)(C)C)c1ccc(C(O)[C@@]2(Cc3ccccc3)CCCN2C(=O)O)cc1. The van der Waals surface area contributed by atoms with Crippen molar-refractivity contribution in [3.8, 4) is 0 Å². The molecule has 1 aliphatic heterocycles. The number of benzene rings is 2. The van der Waals surface area contributed by atoms with Crippen LogP contribution >= 0.6 is 0 Å². The minimum Gasteiger partial charge on any atom is -0.465 e. The normalized spacial score (nSPS) is 20.2. The van der Waals surface area contributed by atoms with Crippen LogP contribution in [0.3, 0.4) is 0 Å². The van der Waals surface area contributed by atoms with Crippen LogP contribution in [0.15, 0.2) is 54.6 Å². The first kappa shape index (κ1) is 24.6. The number of aliphatic hydroxyl groups is 1. The Morgan fingerprint density at radius 1 is 1.09 bits per heavy atom. The minimum atomic E-state index is -1.02. The van der Waals surface area contributed by atoms with Gasteiger partial charge in [-0.05, 0) is 63.6 Å². The standard InChI is InChI=1S/C26H34N2O5/c1-18(27-23(30)33-25(2,3)4)20-11-13-21(14-12-20)22(29)26(15-8-16-28(26)24(31)32)17-19-9-6-5-7-10-19/h5-7,9-14,18,22,29H,8,15-17H2,1-4H3,(H,27,30)(H,31,32)/t18-,22?,26-/m0/s1. The molecular formula is C26H34N2O5. The molecule has 0 radical (unpaired) electrons. The molecule has 1 fully saturated rings. The van der Waals surface area contributed by atoms with Crippen molar-refractivity contribution in [2.24, 2.45) is 0 Å². The lowest BCUT2D eigenvalue weighted by Gasteiger charge is -2.41. The zero-order chi connectivity index (χ0) is 24.2. The van der Waals surface area contributed by atoms with E-state index in [1.807, 2.05) is 70.2 Å². The molecule has 1 heterocycles. The third-order valence-electron chi connectivity index (χ3n) is 6.11. The molecule has 3 N–H and O–H groups in total. The highest BCUT2D eigenvalue weighted by Gasteiger charge is 2.49. The highest BCUT2D eigenvalue weighted by atomic mass is 16.6. The second-order valence-corrected chi connectivity index (χ2v) is 9.74. The van der Waals surface area contributed by atoms with E-state index in [4.69, 9.17) is 4.74 Å². The molecule has 1 saturated heterocycles. The van der Waals surface area contributed by atoms with Crippen molar-refractivity contribution >= 4 is 12.2 Å². The topological polar surface area (TPSA) is 99.1 Å². The first-order valence-electron chi connectivity index (χ1n) is 11.3. The molecule has 0 aliphatic carbocycles. The fourth-order valence-electron chi connectivity index (χ4n) is 4.55. The summed E-state index contributed by atoms with van der Waals surface area (Å²) in [5.74, 6) is 0. The third kappa shape index (κ3) is 5.85. The van der Waals surface area contributed by atoms with Gasteiger partial charge in [0.05, 0.1) is 11.6 Å². The van der Waals surface area contributed by atoms with Crippen LogP contribution in [0.2, 0.25) is 0 Å². The molecule has 0 saturated carbocycles. The number of likely N-dealkylation sites (tertiary alicyclic amines) is 1. The van der Waals surface area contributed by atoms with E-state index in [2.05, 4.69) is 5.32 Å². The van der Waals surface area contributed by atoms with Gasteiger partial charge in [-0.3, -0.25) is 4.90 Å². The average Bonchev–Trinajstić information content (AvgIpc) is 3.17. The molecule has 7 nitrogen and oxygen atoms in total. The molecule has 0 aromatic heterocycles. The van der Waals surface area contributed by atoms with Crippen LogP contribution in [0, 0.1) is 0 Å². The van der Waals surface area contributed by atoms with Gasteiger partial charge in [-0.1, -0.05) is 54.6 Å². The largest absolute Gasteiger partial charge is 0.465 e. The van der Waals surface area contributed by atoms with E-state index >= 15 is 0 Å². The average molecular weight is 455 g/mol. The van der Waals surface area contributed by atoms with E-state index in [9.17, 15) is 19.8 Å². The predicted molar refractivity (Wildman–Crippen MR) is 126 cm³/mol. The van der Waals surface area contributed by atoms with Gasteiger partial charge in [-0.15, -0.1) is 0 Å². The number of hydrogen-bond donors (Lipinski definition) is 3. The lowest BCUT2D eigenvalue weighted by atomic mass is 9.79. The summed E-state index contributed by atoms with van der Waals surface area (Å²) in [6, 6.07) is 16.7. The summed E-state index contributed by atoms with van der Waals surface area (Å²) in [6.45, 7) is 7.68. The molecule has 3 rings (SSSR count). The molecule has 0 bridgehead atoms. The first-order chi connectivity index (χ1) is 15.5. The molecule has 3 atom stereocenters. The zero-order valence-corrected chi connectivity index (χ0v) is 19.7. The first-order valence-corrected chi connectivity index (χ1v) is 11.3. The van der Waals surface area contributed by atoms with Crippen molar-refractivity contribution in [3.63, 3.8) is 0 Å². The van der Waals surface area contributed by atoms with Gasteiger partial charge < -0.3 is 20.3 Å². The Kier molecular flexibility index (Phi) is 7.32. The van der Waals surface area contributed by atoms with Crippen LogP contribution in [0.1, 0.15) is 69.4 Å². The molecule has 0 spiro atoms. The van der Waals surface area contributed by atoms with Crippen LogP contribution in [0.25, 0.3) is 0 Å². The maximum absolute atomic E-state index is 12.1. The van der Waals surface area contributed by atoms with Gasteiger partial charge in [-0.25, -0.2) is 9.59 Å². The number of nitrogens with one attached hydrogen (secondary N) is 1. The van der Waals surface area contributed by atoms with E-state index in [-0.39, 0.29) is 6.04 Å². The fourth-order valence-corrected chi connectivity index (χ4v) is 4.55. The summed E-state index contributed by atoms with van der Waals surface area (Å²) in [5.41, 5.74) is 0.969. The van der Waals surface area contributed by atoms with Gasteiger partial charge >= 0.3 is 12.2 Å². The second-order valence-electron chi connectivity index (χ2n) is 9.74. The van der Waals surface area contributed by atoms with Crippen molar-refractivity contribution in [3.05, 3.63) is 71.3 Å². The lowest BCUT2D eigenvalue weighted by Crippen LogP contribution is -2.52. The Hall–Kier alpha value is -3.06. The molecule has 2 amide bonds. The summed E-state index contributed by atoms with van der Waals surface area (Å²) in [5, 5.41) is 24.1. The van der Waals surface area contributed by atoms with Crippen molar-refractivity contribution in [1.29, 1.82) is 0 Å². The number of rotatable bonds is 6. The molecule has 7 heteroatoms. The molecule has 1 unspecified atom stereocenters. The van der Waals surface area contributed by atoms with Gasteiger partial charge in [0.2, 0.25) is 0 Å². The summed E-state index contributed by atoms with van der Waals surface area (Å²) >= 11 is 0. The molecule has 2 aromatic carbocycles. The summed E-state index contributed by atoms with van der Waals surface area (Å²) in [6.07, 6.45) is -0.795. The Morgan fingerprint density at radius 2 is 1.70 bits per heavy atom. The number of hydrogen-bond acceptors (Lipinski definition) is 4. The highest BCUT2D eigenvalue weighted by Crippen LogP contribution is 2.43. The Bertz CT molecular complexity index is 955. The monoisotopic (exact) mass is 454 g/mol. The van der Waals surface area contributed by atoms with E-state index in [1.165, 1.54) is 4.90 Å². The number of amides is 2. The number of carbonyl (C=O) groups is 2. The van der Waals surface area contributed by atoms with E-state index in [0.29, 0.717) is 31.4 Å². The Labute approximate surface area is 195 Å². The molecular weight excluding hydrogens is 420 g/mol. The van der Waals surface area contributed by atoms with Gasteiger partial charge in [0.25, 0.3) is 0 Å². The van der Waals surface area contributed by atoms with Crippen LogP contribution in [0.5, 0.6) is 0 Å². The third-order valence-corrected chi connectivity index (χ3v) is 6.11. The number of nitrogens with zero attached hydrogens (tertiary/aromatic N) is 1. The van der Waals surface area contributed by atoms with Crippen molar-refractivity contribution in [2.75, 3.05) is 6.54 Å². The predicted octanol–water partition coefficient (Wildman–Crippen LogP) is 5.06. The van der Waals surface area contributed by atoms with E-state index in [0.717, 1.165) is 11.1 Å². The van der Waals surface area contributed by atoms with Crippen LogP contribution in [-0.4, -0.2) is 45.0 Å². The maximum Gasteiger partial charge on any atom is 0.408 e. The molecule has 2 aromatic rings. The number of alkyl carbamates (subject to hydrolysis) is 1. The van der Waals surface area contributed by atoms with Gasteiger partial charge in [-0.2, -0.15) is 0 Å². The molecule has 178 valence electrons. The zero-order valence-electron chi connectivity index (χ0n) is 19.7.